The number of hydrogen-bond acceptors (Lipinski definition) is 2. The number of rotatable bonds is 2. The van der Waals surface area contributed by atoms with Gasteiger partial charge in [0.15, 0.2) is 5.82 Å². The van der Waals surface area contributed by atoms with E-state index in [1.807, 2.05) is 0 Å². The van der Waals surface area contributed by atoms with Gasteiger partial charge in [0.05, 0.1) is 11.1 Å². The van der Waals surface area contributed by atoms with E-state index in [-0.39, 0.29) is 27.6 Å². The van der Waals surface area contributed by atoms with E-state index in [1.54, 1.807) is 0 Å². The predicted octanol–water partition coefficient (Wildman–Crippen LogP) is 6.40. The minimum atomic E-state index is -4.90. The van der Waals surface area contributed by atoms with E-state index < -0.39 is 34.7 Å². The molecule has 0 aliphatic heterocycles. The molecular formula is C21H10F6N2. The quantitative estimate of drug-likeness (QED) is 0.361. The second kappa shape index (κ2) is 6.88. The molecular weight excluding hydrogens is 394 g/mol. The lowest BCUT2D eigenvalue weighted by Gasteiger charge is -2.14. The summed E-state index contributed by atoms with van der Waals surface area (Å²) in [5, 5.41) is -0.0272. The van der Waals surface area contributed by atoms with Gasteiger partial charge < -0.3 is 0 Å². The summed E-state index contributed by atoms with van der Waals surface area (Å²) < 4.78 is 82.9. The van der Waals surface area contributed by atoms with E-state index in [1.165, 1.54) is 30.6 Å². The van der Waals surface area contributed by atoms with Crippen molar-refractivity contribution in [1.82, 2.24) is 9.97 Å². The Morgan fingerprint density at radius 3 is 2.24 bits per heavy atom. The number of aromatic nitrogens is 2. The molecule has 2 heterocycles. The molecule has 4 rings (SSSR count). The molecule has 2 nitrogen and oxygen atoms in total. The maximum atomic E-state index is 15.2. The summed E-state index contributed by atoms with van der Waals surface area (Å²) in [6.07, 6.45) is -1.09. The summed E-state index contributed by atoms with van der Waals surface area (Å²) >= 11 is 0. The Labute approximate surface area is 160 Å². The van der Waals surface area contributed by atoms with Crippen LogP contribution in [-0.4, -0.2) is 9.97 Å². The SMILES string of the molecule is Fc1ccc(-c2ccnc3c(F)c(C(F)(F)F)ccc23)c(F)c1-c1cccnc1. The lowest BCUT2D eigenvalue weighted by molar-refractivity contribution is -0.139. The molecule has 0 amide bonds. The van der Waals surface area contributed by atoms with Gasteiger partial charge in [0.1, 0.15) is 17.2 Å². The van der Waals surface area contributed by atoms with Gasteiger partial charge >= 0.3 is 6.18 Å². The molecule has 8 heteroatoms. The van der Waals surface area contributed by atoms with E-state index in [0.717, 1.165) is 24.4 Å². The Morgan fingerprint density at radius 1 is 0.759 bits per heavy atom. The highest BCUT2D eigenvalue weighted by molar-refractivity contribution is 5.96. The molecule has 0 aliphatic rings. The number of alkyl halides is 3. The smallest absolute Gasteiger partial charge is 0.264 e. The zero-order valence-corrected chi connectivity index (χ0v) is 14.4. The normalized spacial score (nSPS) is 11.8. The van der Waals surface area contributed by atoms with Crippen molar-refractivity contribution >= 4 is 10.9 Å². The molecule has 0 saturated carbocycles. The lowest BCUT2D eigenvalue weighted by atomic mass is 9.95. The maximum Gasteiger partial charge on any atom is 0.419 e. The largest absolute Gasteiger partial charge is 0.419 e. The standard InChI is InChI=1S/C21H10F6N2/c22-16-6-4-13(18(23)17(16)11-2-1-8-28-10-11)12-7-9-29-20-14(12)3-5-15(19(20)24)21(25,26)27/h1-10H. The summed E-state index contributed by atoms with van der Waals surface area (Å²) in [6, 6.07) is 8.10. The van der Waals surface area contributed by atoms with Crippen LogP contribution in [0.25, 0.3) is 33.2 Å². The van der Waals surface area contributed by atoms with E-state index in [4.69, 9.17) is 0 Å². The average Bonchev–Trinajstić information content (AvgIpc) is 2.68. The van der Waals surface area contributed by atoms with Crippen molar-refractivity contribution in [3.63, 3.8) is 0 Å². The van der Waals surface area contributed by atoms with Crippen LogP contribution >= 0.6 is 0 Å². The van der Waals surface area contributed by atoms with Gasteiger partial charge in [0, 0.05) is 35.1 Å². The van der Waals surface area contributed by atoms with Crippen LogP contribution in [0.15, 0.2) is 61.1 Å². The van der Waals surface area contributed by atoms with Gasteiger partial charge in [-0.15, -0.1) is 0 Å². The maximum absolute atomic E-state index is 15.2. The molecule has 0 fully saturated rings. The molecule has 0 spiro atoms. The van der Waals surface area contributed by atoms with Gasteiger partial charge in [0.25, 0.3) is 0 Å². The molecule has 0 N–H and O–H groups in total. The third kappa shape index (κ3) is 3.20. The first-order valence-corrected chi connectivity index (χ1v) is 8.32. The van der Waals surface area contributed by atoms with Crippen molar-refractivity contribution in [1.29, 1.82) is 0 Å². The number of benzene rings is 2. The molecule has 29 heavy (non-hydrogen) atoms. The van der Waals surface area contributed by atoms with Crippen molar-refractivity contribution in [3.05, 3.63) is 84.1 Å². The number of halogens is 6. The third-order valence-corrected chi connectivity index (χ3v) is 4.49. The van der Waals surface area contributed by atoms with Crippen LogP contribution in [-0.2, 0) is 6.18 Å². The molecule has 0 bridgehead atoms. The van der Waals surface area contributed by atoms with Crippen molar-refractivity contribution < 1.29 is 26.3 Å². The molecule has 0 aliphatic carbocycles. The van der Waals surface area contributed by atoms with Crippen LogP contribution in [0.4, 0.5) is 26.3 Å². The van der Waals surface area contributed by atoms with Crippen molar-refractivity contribution in [2.45, 2.75) is 6.18 Å². The van der Waals surface area contributed by atoms with E-state index in [2.05, 4.69) is 9.97 Å². The molecule has 0 unspecified atom stereocenters. The Morgan fingerprint density at radius 2 is 1.55 bits per heavy atom. The van der Waals surface area contributed by atoms with Gasteiger partial charge in [0.2, 0.25) is 0 Å². The Hall–Kier alpha value is -3.42. The van der Waals surface area contributed by atoms with Crippen LogP contribution < -0.4 is 0 Å². The first-order valence-electron chi connectivity index (χ1n) is 8.32. The minimum Gasteiger partial charge on any atom is -0.264 e. The number of fused-ring (bicyclic) bond motifs is 1. The average molecular weight is 404 g/mol. The second-order valence-electron chi connectivity index (χ2n) is 6.21. The Bertz CT molecular complexity index is 1220. The molecule has 4 aromatic rings. The molecule has 146 valence electrons. The third-order valence-electron chi connectivity index (χ3n) is 4.49. The number of pyridine rings is 2. The van der Waals surface area contributed by atoms with Gasteiger partial charge in [-0.05, 0) is 35.9 Å². The molecule has 2 aromatic carbocycles. The van der Waals surface area contributed by atoms with E-state index in [0.29, 0.717) is 6.07 Å². The van der Waals surface area contributed by atoms with Crippen LogP contribution in [0.5, 0.6) is 0 Å². The van der Waals surface area contributed by atoms with Gasteiger partial charge in [-0.2, -0.15) is 13.2 Å². The van der Waals surface area contributed by atoms with Gasteiger partial charge in [-0.3, -0.25) is 9.97 Å². The van der Waals surface area contributed by atoms with E-state index in [9.17, 15) is 22.0 Å². The van der Waals surface area contributed by atoms with E-state index >= 15 is 4.39 Å². The molecule has 0 saturated heterocycles. The first kappa shape index (κ1) is 18.9. The molecule has 2 aromatic heterocycles. The van der Waals surface area contributed by atoms with Crippen molar-refractivity contribution in [3.8, 4) is 22.3 Å². The fraction of sp³-hybridized carbons (Fsp3) is 0.0476. The summed E-state index contributed by atoms with van der Waals surface area (Å²) in [5.41, 5.74) is -2.18. The van der Waals surface area contributed by atoms with Crippen molar-refractivity contribution in [2.24, 2.45) is 0 Å². The van der Waals surface area contributed by atoms with Crippen LogP contribution in [0.2, 0.25) is 0 Å². The fourth-order valence-electron chi connectivity index (χ4n) is 3.17. The first-order chi connectivity index (χ1) is 13.8. The summed E-state index contributed by atoms with van der Waals surface area (Å²) in [7, 11) is 0. The van der Waals surface area contributed by atoms with Gasteiger partial charge in [-0.25, -0.2) is 13.2 Å². The Kier molecular flexibility index (Phi) is 4.49. The van der Waals surface area contributed by atoms with Crippen molar-refractivity contribution in [2.75, 3.05) is 0 Å². The summed E-state index contributed by atoms with van der Waals surface area (Å²) in [5.74, 6) is -3.32. The second-order valence-corrected chi connectivity index (χ2v) is 6.21. The summed E-state index contributed by atoms with van der Waals surface area (Å²) in [4.78, 5) is 7.53. The van der Waals surface area contributed by atoms with Crippen LogP contribution in [0.3, 0.4) is 0 Å². The minimum absolute atomic E-state index is 0.0272. The zero-order chi connectivity index (χ0) is 20.8. The molecule has 0 atom stereocenters. The number of hydrogen-bond donors (Lipinski definition) is 0. The highest BCUT2D eigenvalue weighted by Gasteiger charge is 2.35. The Balaban J connectivity index is 1.98. The zero-order valence-electron chi connectivity index (χ0n) is 14.4. The van der Waals surface area contributed by atoms with Gasteiger partial charge in [-0.1, -0.05) is 12.1 Å². The monoisotopic (exact) mass is 404 g/mol. The number of nitrogens with zero attached hydrogens (tertiary/aromatic N) is 2. The highest BCUT2D eigenvalue weighted by atomic mass is 19.4. The predicted molar refractivity (Wildman–Crippen MR) is 95.3 cm³/mol. The molecule has 0 radical (unpaired) electrons. The van der Waals surface area contributed by atoms with Crippen LogP contribution in [0.1, 0.15) is 5.56 Å². The lowest BCUT2D eigenvalue weighted by Crippen LogP contribution is -2.08. The summed E-state index contributed by atoms with van der Waals surface area (Å²) in [6.45, 7) is 0. The fourth-order valence-corrected chi connectivity index (χ4v) is 3.17. The topological polar surface area (TPSA) is 25.8 Å². The highest BCUT2D eigenvalue weighted by Crippen LogP contribution is 2.39. The van der Waals surface area contributed by atoms with Crippen LogP contribution in [0, 0.1) is 17.5 Å².